The molecule has 0 bridgehead atoms. The van der Waals surface area contributed by atoms with E-state index in [4.69, 9.17) is 0 Å². The summed E-state index contributed by atoms with van der Waals surface area (Å²) in [5, 5.41) is 3.37. The number of methoxy groups -OCH3 is 1. The van der Waals surface area contributed by atoms with Gasteiger partial charge in [0.2, 0.25) is 0 Å². The highest BCUT2D eigenvalue weighted by atomic mass is 16.5. The smallest absolute Gasteiger partial charge is 0.309 e. The summed E-state index contributed by atoms with van der Waals surface area (Å²) in [7, 11) is 1.42. The zero-order valence-electron chi connectivity index (χ0n) is 11.9. The number of benzene rings is 1. The second kappa shape index (κ2) is 5.91. The lowest BCUT2D eigenvalue weighted by molar-refractivity contribution is -0.139. The Morgan fingerprint density at radius 3 is 2.74 bits per heavy atom. The van der Waals surface area contributed by atoms with E-state index in [0.717, 1.165) is 17.0 Å². The van der Waals surface area contributed by atoms with Gasteiger partial charge in [0.15, 0.2) is 0 Å². The molecule has 1 aliphatic carbocycles. The van der Waals surface area contributed by atoms with Crippen LogP contribution in [0.25, 0.3) is 0 Å². The average molecular weight is 259 g/mol. The quantitative estimate of drug-likeness (QED) is 0.842. The van der Waals surface area contributed by atoms with Gasteiger partial charge in [-0.1, -0.05) is 6.07 Å². The maximum Gasteiger partial charge on any atom is 0.309 e. The standard InChI is InChI=1S/C16H21NO2/c1-11(9-16(18)19-3)12(2)17-15-8-7-13-5-4-6-14(13)10-15/h7-8,10,17H,4-6,9H2,1-3H3/b12-11+. The van der Waals surface area contributed by atoms with Crippen molar-refractivity contribution in [3.8, 4) is 0 Å². The number of hydrogen-bond acceptors (Lipinski definition) is 3. The SMILES string of the molecule is COC(=O)C/C(C)=C(\C)Nc1ccc2c(c1)CCC2. The number of rotatable bonds is 4. The van der Waals surface area contributed by atoms with Crippen LogP contribution >= 0.6 is 0 Å². The summed E-state index contributed by atoms with van der Waals surface area (Å²) in [6.45, 7) is 3.94. The first-order chi connectivity index (χ1) is 9.10. The van der Waals surface area contributed by atoms with E-state index in [0.29, 0.717) is 6.42 Å². The summed E-state index contributed by atoms with van der Waals surface area (Å²) in [6.07, 6.45) is 3.97. The van der Waals surface area contributed by atoms with Crippen LogP contribution in [0.2, 0.25) is 0 Å². The van der Waals surface area contributed by atoms with Gasteiger partial charge in [-0.15, -0.1) is 0 Å². The van der Waals surface area contributed by atoms with E-state index in [1.807, 2.05) is 13.8 Å². The number of allylic oxidation sites excluding steroid dienone is 1. The normalized spacial score (nSPS) is 14.7. The van der Waals surface area contributed by atoms with Crippen LogP contribution in [0, 0.1) is 0 Å². The van der Waals surface area contributed by atoms with E-state index in [1.165, 1.54) is 37.5 Å². The molecular formula is C16H21NO2. The largest absolute Gasteiger partial charge is 0.469 e. The molecule has 0 fully saturated rings. The molecule has 1 aliphatic rings. The third-order valence-electron chi connectivity index (χ3n) is 3.71. The van der Waals surface area contributed by atoms with Crippen molar-refractivity contribution in [2.24, 2.45) is 0 Å². The molecular weight excluding hydrogens is 238 g/mol. The van der Waals surface area contributed by atoms with E-state index in [1.54, 1.807) is 0 Å². The highest BCUT2D eigenvalue weighted by Crippen LogP contribution is 2.25. The lowest BCUT2D eigenvalue weighted by Gasteiger charge is -2.12. The number of esters is 1. The van der Waals surface area contributed by atoms with Crippen LogP contribution in [0.1, 0.15) is 37.8 Å². The topological polar surface area (TPSA) is 38.3 Å². The first-order valence-corrected chi connectivity index (χ1v) is 6.72. The van der Waals surface area contributed by atoms with Crippen LogP contribution in [0.15, 0.2) is 29.5 Å². The second-order valence-corrected chi connectivity index (χ2v) is 5.12. The monoisotopic (exact) mass is 259 g/mol. The molecule has 0 heterocycles. The molecule has 2 rings (SSSR count). The van der Waals surface area contributed by atoms with Gasteiger partial charge in [-0.25, -0.2) is 0 Å². The van der Waals surface area contributed by atoms with Crippen molar-refractivity contribution in [3.63, 3.8) is 0 Å². The van der Waals surface area contributed by atoms with Crippen molar-refractivity contribution in [2.45, 2.75) is 39.5 Å². The predicted molar refractivity (Wildman–Crippen MR) is 77.1 cm³/mol. The fourth-order valence-electron chi connectivity index (χ4n) is 2.39. The number of carbonyl (C=O) groups excluding carboxylic acids is 1. The van der Waals surface area contributed by atoms with E-state index in [9.17, 15) is 4.79 Å². The molecule has 0 aliphatic heterocycles. The molecule has 0 radical (unpaired) electrons. The fourth-order valence-corrected chi connectivity index (χ4v) is 2.39. The molecule has 1 aromatic carbocycles. The van der Waals surface area contributed by atoms with Crippen LogP contribution in [-0.4, -0.2) is 13.1 Å². The molecule has 0 aromatic heterocycles. The molecule has 102 valence electrons. The van der Waals surface area contributed by atoms with Gasteiger partial charge in [-0.2, -0.15) is 0 Å². The van der Waals surface area contributed by atoms with Gasteiger partial charge in [0.05, 0.1) is 13.5 Å². The molecule has 19 heavy (non-hydrogen) atoms. The molecule has 0 spiro atoms. The maximum absolute atomic E-state index is 11.2. The zero-order valence-corrected chi connectivity index (χ0v) is 11.9. The van der Waals surface area contributed by atoms with E-state index >= 15 is 0 Å². The number of anilines is 1. The van der Waals surface area contributed by atoms with Crippen molar-refractivity contribution in [3.05, 3.63) is 40.6 Å². The first-order valence-electron chi connectivity index (χ1n) is 6.72. The van der Waals surface area contributed by atoms with Gasteiger partial charge in [0.1, 0.15) is 0 Å². The van der Waals surface area contributed by atoms with Crippen molar-refractivity contribution in [2.75, 3.05) is 12.4 Å². The molecule has 1 N–H and O–H groups in total. The highest BCUT2D eigenvalue weighted by Gasteiger charge is 2.11. The van der Waals surface area contributed by atoms with E-state index in [-0.39, 0.29) is 5.97 Å². The second-order valence-electron chi connectivity index (χ2n) is 5.12. The van der Waals surface area contributed by atoms with Crippen LogP contribution < -0.4 is 5.32 Å². The third kappa shape index (κ3) is 3.37. The molecule has 0 amide bonds. The van der Waals surface area contributed by atoms with Crippen LogP contribution in [0.5, 0.6) is 0 Å². The Morgan fingerprint density at radius 1 is 1.26 bits per heavy atom. The van der Waals surface area contributed by atoms with Crippen LogP contribution in [-0.2, 0) is 22.4 Å². The maximum atomic E-state index is 11.2. The Morgan fingerprint density at radius 2 is 2.00 bits per heavy atom. The summed E-state index contributed by atoms with van der Waals surface area (Å²) in [6, 6.07) is 6.53. The molecule has 0 saturated heterocycles. The Labute approximate surface area is 114 Å². The summed E-state index contributed by atoms with van der Waals surface area (Å²) in [4.78, 5) is 11.2. The van der Waals surface area contributed by atoms with Gasteiger partial charge >= 0.3 is 5.97 Å². The van der Waals surface area contributed by atoms with Gasteiger partial charge in [-0.05, 0) is 61.9 Å². The number of carbonyl (C=O) groups is 1. The van der Waals surface area contributed by atoms with Gasteiger partial charge in [0.25, 0.3) is 0 Å². The lowest BCUT2D eigenvalue weighted by atomic mass is 10.1. The summed E-state index contributed by atoms with van der Waals surface area (Å²) in [5.74, 6) is -0.201. The Balaban J connectivity index is 2.08. The number of nitrogens with one attached hydrogen (secondary N) is 1. The molecule has 0 unspecified atom stereocenters. The van der Waals surface area contributed by atoms with Crippen LogP contribution in [0.4, 0.5) is 5.69 Å². The first kappa shape index (κ1) is 13.7. The Hall–Kier alpha value is -1.77. The van der Waals surface area contributed by atoms with Crippen molar-refractivity contribution < 1.29 is 9.53 Å². The molecule has 1 aromatic rings. The number of ether oxygens (including phenoxy) is 1. The summed E-state index contributed by atoms with van der Waals surface area (Å²) < 4.78 is 4.68. The average Bonchev–Trinajstić information content (AvgIpc) is 2.85. The molecule has 3 heteroatoms. The third-order valence-corrected chi connectivity index (χ3v) is 3.71. The Kier molecular flexibility index (Phi) is 4.25. The number of hydrogen-bond donors (Lipinski definition) is 1. The van der Waals surface area contributed by atoms with Gasteiger partial charge in [0, 0.05) is 11.4 Å². The number of fused-ring (bicyclic) bond motifs is 1. The van der Waals surface area contributed by atoms with E-state index < -0.39 is 0 Å². The van der Waals surface area contributed by atoms with Crippen molar-refractivity contribution in [1.82, 2.24) is 0 Å². The Bertz CT molecular complexity index is 517. The lowest BCUT2D eigenvalue weighted by Crippen LogP contribution is -2.05. The van der Waals surface area contributed by atoms with Crippen molar-refractivity contribution in [1.29, 1.82) is 0 Å². The summed E-state index contributed by atoms with van der Waals surface area (Å²) >= 11 is 0. The molecule has 0 atom stereocenters. The van der Waals surface area contributed by atoms with Crippen molar-refractivity contribution >= 4 is 11.7 Å². The minimum Gasteiger partial charge on any atom is -0.469 e. The molecule has 0 saturated carbocycles. The van der Waals surface area contributed by atoms with Crippen LogP contribution in [0.3, 0.4) is 0 Å². The minimum atomic E-state index is -0.201. The highest BCUT2D eigenvalue weighted by molar-refractivity contribution is 5.72. The minimum absolute atomic E-state index is 0.201. The fraction of sp³-hybridized carbons (Fsp3) is 0.438. The summed E-state index contributed by atoms with van der Waals surface area (Å²) in [5.41, 5.74) is 6.04. The number of aryl methyl sites for hydroxylation is 2. The molecule has 3 nitrogen and oxygen atoms in total. The predicted octanol–water partition coefficient (Wildman–Crippen LogP) is 3.44. The van der Waals surface area contributed by atoms with E-state index in [2.05, 4.69) is 28.3 Å². The zero-order chi connectivity index (χ0) is 13.8. The van der Waals surface area contributed by atoms with Gasteiger partial charge in [-0.3, -0.25) is 4.79 Å². The van der Waals surface area contributed by atoms with Gasteiger partial charge < -0.3 is 10.1 Å².